The summed E-state index contributed by atoms with van der Waals surface area (Å²) in [5, 5.41) is 7.42. The van der Waals surface area contributed by atoms with Gasteiger partial charge in [-0.15, -0.1) is 0 Å². The summed E-state index contributed by atoms with van der Waals surface area (Å²) in [5.74, 6) is 1.43. The van der Waals surface area contributed by atoms with Gasteiger partial charge in [0.1, 0.15) is 5.69 Å². The highest BCUT2D eigenvalue weighted by atomic mass is 16.3. The third-order valence-electron chi connectivity index (χ3n) is 5.36. The molecule has 2 aromatic rings. The fourth-order valence-electron chi connectivity index (χ4n) is 3.99. The lowest BCUT2D eigenvalue weighted by Gasteiger charge is -2.30. The average molecular weight is 326 g/mol. The average Bonchev–Trinajstić information content (AvgIpc) is 3.18. The molecule has 6 nitrogen and oxygen atoms in total. The highest BCUT2D eigenvalue weighted by Crippen LogP contribution is 2.29. The van der Waals surface area contributed by atoms with Crippen molar-refractivity contribution >= 4 is 22.8 Å². The molecule has 2 bridgehead atoms. The quantitative estimate of drug-likeness (QED) is 0.901. The second-order valence-corrected chi connectivity index (χ2v) is 7.46. The van der Waals surface area contributed by atoms with Gasteiger partial charge in [-0.25, -0.2) is 4.98 Å². The summed E-state index contributed by atoms with van der Waals surface area (Å²) in [6.07, 6.45) is 6.40. The zero-order valence-electron chi connectivity index (χ0n) is 13.6. The van der Waals surface area contributed by atoms with Crippen LogP contribution in [-0.2, 0) is 0 Å². The van der Waals surface area contributed by atoms with Gasteiger partial charge >= 0.3 is 0 Å². The molecule has 126 valence electrons. The van der Waals surface area contributed by atoms with Crippen molar-refractivity contribution in [2.45, 2.75) is 37.8 Å². The number of aromatic nitrogens is 1. The minimum absolute atomic E-state index is 0.0812. The number of furan rings is 1. The van der Waals surface area contributed by atoms with Crippen LogP contribution in [0.3, 0.4) is 0 Å². The number of carbonyl (C=O) groups excluding carboxylic acids is 1. The summed E-state index contributed by atoms with van der Waals surface area (Å²) in [6, 6.07) is 4.56. The van der Waals surface area contributed by atoms with E-state index in [9.17, 15) is 4.79 Å². The molecule has 4 heterocycles. The normalized spacial score (nSPS) is 28.9. The van der Waals surface area contributed by atoms with Crippen LogP contribution < -0.4 is 10.6 Å². The minimum atomic E-state index is -0.0812. The maximum atomic E-state index is 12.5. The van der Waals surface area contributed by atoms with Crippen LogP contribution in [0.2, 0.25) is 0 Å². The zero-order valence-corrected chi connectivity index (χ0v) is 13.6. The lowest BCUT2D eigenvalue weighted by Crippen LogP contribution is -2.47. The molecule has 1 unspecified atom stereocenters. The second kappa shape index (κ2) is 5.48. The van der Waals surface area contributed by atoms with Gasteiger partial charge in [-0.3, -0.25) is 4.79 Å². The van der Waals surface area contributed by atoms with Crippen LogP contribution in [-0.4, -0.2) is 47.5 Å². The standard InChI is InChI=1S/C18H22N4O2/c23-18(21-14-5-11-3-4-22(9-11)10-14)15-6-12-7-17(20-13-1-2-13)24-16(12)8-19-15/h6-8,11,13-14,20H,1-5,9-10H2,(H,21,23)/t11-,14+/m0/s1. The van der Waals surface area contributed by atoms with Crippen LogP contribution >= 0.6 is 0 Å². The summed E-state index contributed by atoms with van der Waals surface area (Å²) in [6.45, 7) is 3.33. The Labute approximate surface area is 140 Å². The SMILES string of the molecule is O=C(N[C@@H]1C[C@@H]2CCN(C2)C1)c1cc2cc(NC3CC3)oc2cn1. The van der Waals surface area contributed by atoms with E-state index in [1.54, 1.807) is 6.20 Å². The number of rotatable bonds is 4. The first-order valence-electron chi connectivity index (χ1n) is 8.92. The molecule has 3 fully saturated rings. The topological polar surface area (TPSA) is 70.4 Å². The predicted molar refractivity (Wildman–Crippen MR) is 91.1 cm³/mol. The lowest BCUT2D eigenvalue weighted by atomic mass is 9.97. The van der Waals surface area contributed by atoms with E-state index < -0.39 is 0 Å². The van der Waals surface area contributed by atoms with Crippen molar-refractivity contribution < 1.29 is 9.21 Å². The maximum absolute atomic E-state index is 12.5. The fraction of sp³-hybridized carbons (Fsp3) is 0.556. The lowest BCUT2D eigenvalue weighted by molar-refractivity contribution is 0.0904. The molecule has 0 radical (unpaired) electrons. The number of nitrogens with one attached hydrogen (secondary N) is 2. The highest BCUT2D eigenvalue weighted by Gasteiger charge is 2.33. The Morgan fingerprint density at radius 1 is 1.21 bits per heavy atom. The van der Waals surface area contributed by atoms with Crippen molar-refractivity contribution in [2.75, 3.05) is 25.0 Å². The van der Waals surface area contributed by atoms with E-state index in [1.807, 2.05) is 12.1 Å². The molecule has 3 atom stereocenters. The van der Waals surface area contributed by atoms with E-state index >= 15 is 0 Å². The largest absolute Gasteiger partial charge is 0.439 e. The third kappa shape index (κ3) is 2.75. The number of amides is 1. The molecule has 0 spiro atoms. The molecule has 2 saturated heterocycles. The highest BCUT2D eigenvalue weighted by molar-refractivity contribution is 5.96. The van der Waals surface area contributed by atoms with Crippen molar-refractivity contribution in [3.63, 3.8) is 0 Å². The summed E-state index contributed by atoms with van der Waals surface area (Å²) < 4.78 is 5.73. The maximum Gasteiger partial charge on any atom is 0.270 e. The van der Waals surface area contributed by atoms with E-state index in [-0.39, 0.29) is 11.9 Å². The van der Waals surface area contributed by atoms with Gasteiger partial charge in [-0.2, -0.15) is 0 Å². The number of nitrogens with zero attached hydrogens (tertiary/aromatic N) is 2. The molecule has 1 aliphatic carbocycles. The Balaban J connectivity index is 1.30. The molecule has 3 aliphatic rings. The number of carbonyl (C=O) groups is 1. The smallest absolute Gasteiger partial charge is 0.270 e. The van der Waals surface area contributed by atoms with E-state index in [0.717, 1.165) is 35.7 Å². The Hall–Kier alpha value is -2.08. The van der Waals surface area contributed by atoms with Crippen molar-refractivity contribution in [1.29, 1.82) is 0 Å². The molecule has 24 heavy (non-hydrogen) atoms. The summed E-state index contributed by atoms with van der Waals surface area (Å²) in [4.78, 5) is 19.3. The molecule has 1 saturated carbocycles. The van der Waals surface area contributed by atoms with Crippen LogP contribution in [0.5, 0.6) is 0 Å². The van der Waals surface area contributed by atoms with E-state index in [0.29, 0.717) is 11.7 Å². The van der Waals surface area contributed by atoms with Crippen molar-refractivity contribution in [2.24, 2.45) is 5.92 Å². The van der Waals surface area contributed by atoms with Gasteiger partial charge in [0.2, 0.25) is 0 Å². The molecule has 1 amide bonds. The Kier molecular flexibility index (Phi) is 3.26. The van der Waals surface area contributed by atoms with E-state index in [2.05, 4.69) is 20.5 Å². The molecule has 2 N–H and O–H groups in total. The van der Waals surface area contributed by atoms with Crippen molar-refractivity contribution in [3.05, 3.63) is 24.0 Å². The van der Waals surface area contributed by atoms with Crippen LogP contribution in [0.25, 0.3) is 11.0 Å². The van der Waals surface area contributed by atoms with E-state index in [4.69, 9.17) is 4.42 Å². The number of hydrogen-bond acceptors (Lipinski definition) is 5. The zero-order chi connectivity index (χ0) is 16.1. The summed E-state index contributed by atoms with van der Waals surface area (Å²) >= 11 is 0. The summed E-state index contributed by atoms with van der Waals surface area (Å²) in [5.41, 5.74) is 1.19. The van der Waals surface area contributed by atoms with Crippen LogP contribution in [0, 0.1) is 5.92 Å². The third-order valence-corrected chi connectivity index (χ3v) is 5.36. The number of anilines is 1. The van der Waals surface area contributed by atoms with Gasteiger partial charge in [-0.1, -0.05) is 0 Å². The van der Waals surface area contributed by atoms with Crippen LogP contribution in [0.1, 0.15) is 36.2 Å². The molecule has 2 aromatic heterocycles. The number of fused-ring (bicyclic) bond motifs is 3. The Morgan fingerprint density at radius 2 is 2.12 bits per heavy atom. The van der Waals surface area contributed by atoms with Crippen LogP contribution in [0.15, 0.2) is 22.7 Å². The van der Waals surface area contributed by atoms with Gasteiger partial charge < -0.3 is 20.0 Å². The van der Waals surface area contributed by atoms with Gasteiger partial charge in [0.15, 0.2) is 11.5 Å². The Morgan fingerprint density at radius 3 is 2.96 bits per heavy atom. The van der Waals surface area contributed by atoms with Crippen molar-refractivity contribution in [3.8, 4) is 0 Å². The fourth-order valence-corrected chi connectivity index (χ4v) is 3.99. The second-order valence-electron chi connectivity index (χ2n) is 7.46. The van der Waals surface area contributed by atoms with Gasteiger partial charge in [0, 0.05) is 36.6 Å². The number of hydrogen-bond donors (Lipinski definition) is 2. The molecular formula is C18H22N4O2. The predicted octanol–water partition coefficient (Wildman–Crippen LogP) is 2.23. The molecular weight excluding hydrogens is 304 g/mol. The molecule has 6 heteroatoms. The summed E-state index contributed by atoms with van der Waals surface area (Å²) in [7, 11) is 0. The first-order valence-corrected chi connectivity index (χ1v) is 8.92. The van der Waals surface area contributed by atoms with Gasteiger partial charge in [0.05, 0.1) is 6.20 Å². The number of pyridine rings is 1. The van der Waals surface area contributed by atoms with Gasteiger partial charge in [-0.05, 0) is 44.2 Å². The molecule has 2 aliphatic heterocycles. The van der Waals surface area contributed by atoms with E-state index in [1.165, 1.54) is 32.4 Å². The van der Waals surface area contributed by atoms with Gasteiger partial charge in [0.25, 0.3) is 5.91 Å². The Bertz CT molecular complexity index is 770. The minimum Gasteiger partial charge on any atom is -0.439 e. The van der Waals surface area contributed by atoms with Crippen LogP contribution in [0.4, 0.5) is 5.88 Å². The first kappa shape index (κ1) is 14.3. The number of piperidine rings is 1. The molecule has 5 rings (SSSR count). The monoisotopic (exact) mass is 326 g/mol. The molecule has 0 aromatic carbocycles. The first-order chi connectivity index (χ1) is 11.7. The van der Waals surface area contributed by atoms with Crippen molar-refractivity contribution in [1.82, 2.24) is 15.2 Å².